The van der Waals surface area contributed by atoms with Crippen LogP contribution in [-0.4, -0.2) is 24.2 Å². The molecule has 0 bridgehead atoms. The van der Waals surface area contributed by atoms with Crippen LogP contribution in [0.15, 0.2) is 42.6 Å². The molecule has 0 radical (unpaired) electrons. The fourth-order valence-electron chi connectivity index (χ4n) is 3.88. The summed E-state index contributed by atoms with van der Waals surface area (Å²) in [7, 11) is 3.29. The smallest absolute Gasteiger partial charge is 0.136 e. The first-order valence-electron chi connectivity index (χ1n) is 10.1. The molecule has 0 spiro atoms. The Bertz CT molecular complexity index is 1290. The van der Waals surface area contributed by atoms with E-state index in [4.69, 9.17) is 20.2 Å². The van der Waals surface area contributed by atoms with Crippen LogP contribution in [0.3, 0.4) is 0 Å². The van der Waals surface area contributed by atoms with Gasteiger partial charge >= 0.3 is 0 Å². The molecule has 0 aliphatic carbocycles. The normalized spacial score (nSPS) is 10.9. The Balaban J connectivity index is 1.82. The van der Waals surface area contributed by atoms with E-state index in [1.54, 1.807) is 14.2 Å². The standard InChI is InChI=1S/C25H25IN4O2/c1-13-7-6-8-14(2)24(13)30-21-10-17-16(12-28-21)9-18(29-25(17)27)22-15(3)19(31-4)11-20(32-5)23(22)26/h6-12H,1-5H3,(H2,27,29)(H,28,30). The number of nitrogens with two attached hydrogens (primary N) is 1. The van der Waals surface area contributed by atoms with Gasteiger partial charge in [0.1, 0.15) is 23.1 Å². The van der Waals surface area contributed by atoms with Gasteiger partial charge < -0.3 is 20.5 Å². The molecule has 0 fully saturated rings. The number of benzene rings is 2. The van der Waals surface area contributed by atoms with Gasteiger partial charge in [0.25, 0.3) is 0 Å². The van der Waals surface area contributed by atoms with Crippen LogP contribution in [0.5, 0.6) is 11.5 Å². The number of methoxy groups -OCH3 is 2. The van der Waals surface area contributed by atoms with Gasteiger partial charge in [-0.15, -0.1) is 0 Å². The first-order chi connectivity index (χ1) is 15.3. The van der Waals surface area contributed by atoms with Crippen molar-refractivity contribution in [3.05, 3.63) is 62.9 Å². The zero-order chi connectivity index (χ0) is 23.0. The van der Waals surface area contributed by atoms with E-state index >= 15 is 0 Å². The molecule has 0 aliphatic rings. The summed E-state index contributed by atoms with van der Waals surface area (Å²) < 4.78 is 12.1. The first kappa shape index (κ1) is 22.1. The fraction of sp³-hybridized carbons (Fsp3) is 0.200. The van der Waals surface area contributed by atoms with Crippen LogP contribution in [0.25, 0.3) is 22.0 Å². The highest BCUT2D eigenvalue weighted by Crippen LogP contribution is 2.41. The second-order valence-corrected chi connectivity index (χ2v) is 8.75. The van der Waals surface area contributed by atoms with E-state index in [1.807, 2.05) is 37.4 Å². The largest absolute Gasteiger partial charge is 0.496 e. The van der Waals surface area contributed by atoms with Crippen molar-refractivity contribution in [2.45, 2.75) is 20.8 Å². The first-order valence-corrected chi connectivity index (χ1v) is 11.2. The number of aromatic nitrogens is 2. The summed E-state index contributed by atoms with van der Waals surface area (Å²) >= 11 is 2.28. The van der Waals surface area contributed by atoms with Crippen LogP contribution in [0.1, 0.15) is 16.7 Å². The number of rotatable bonds is 5. The molecule has 0 amide bonds. The van der Waals surface area contributed by atoms with E-state index in [1.165, 1.54) is 0 Å². The lowest BCUT2D eigenvalue weighted by Gasteiger charge is -2.17. The van der Waals surface area contributed by atoms with Crippen LogP contribution < -0.4 is 20.5 Å². The third-order valence-corrected chi connectivity index (χ3v) is 6.69. The van der Waals surface area contributed by atoms with Gasteiger partial charge in [-0.3, -0.25) is 0 Å². The van der Waals surface area contributed by atoms with Crippen LogP contribution in [0, 0.1) is 24.3 Å². The van der Waals surface area contributed by atoms with E-state index in [0.29, 0.717) is 5.82 Å². The summed E-state index contributed by atoms with van der Waals surface area (Å²) in [4.78, 5) is 9.36. The van der Waals surface area contributed by atoms with Crippen molar-refractivity contribution in [1.29, 1.82) is 0 Å². The van der Waals surface area contributed by atoms with Crippen molar-refractivity contribution in [3.63, 3.8) is 0 Å². The van der Waals surface area contributed by atoms with Crippen LogP contribution in [0.4, 0.5) is 17.3 Å². The van der Waals surface area contributed by atoms with E-state index in [0.717, 1.165) is 65.3 Å². The summed E-state index contributed by atoms with van der Waals surface area (Å²) in [6.07, 6.45) is 1.83. The average molecular weight is 540 g/mol. The average Bonchev–Trinajstić information content (AvgIpc) is 2.77. The number of hydrogen-bond acceptors (Lipinski definition) is 6. The van der Waals surface area contributed by atoms with Crippen molar-refractivity contribution in [3.8, 4) is 22.8 Å². The number of fused-ring (bicyclic) bond motifs is 1. The molecular weight excluding hydrogens is 515 g/mol. The number of ether oxygens (including phenoxy) is 2. The van der Waals surface area contributed by atoms with E-state index in [2.05, 4.69) is 58.9 Å². The Labute approximate surface area is 201 Å². The lowest BCUT2D eigenvalue weighted by atomic mass is 10.0. The number of nitrogens with zero attached hydrogens (tertiary/aromatic N) is 2. The van der Waals surface area contributed by atoms with E-state index < -0.39 is 0 Å². The van der Waals surface area contributed by atoms with Gasteiger partial charge in [-0.1, -0.05) is 18.2 Å². The maximum absolute atomic E-state index is 6.43. The van der Waals surface area contributed by atoms with Crippen molar-refractivity contribution in [2.24, 2.45) is 0 Å². The van der Waals surface area contributed by atoms with Gasteiger partial charge in [-0.25, -0.2) is 9.97 Å². The summed E-state index contributed by atoms with van der Waals surface area (Å²) in [5.41, 5.74) is 12.5. The summed E-state index contributed by atoms with van der Waals surface area (Å²) in [6, 6.07) is 12.0. The molecule has 6 nitrogen and oxygen atoms in total. The minimum atomic E-state index is 0.446. The zero-order valence-corrected chi connectivity index (χ0v) is 20.9. The molecule has 0 unspecified atom stereocenters. The molecule has 32 heavy (non-hydrogen) atoms. The molecule has 2 heterocycles. The minimum Gasteiger partial charge on any atom is -0.496 e. The minimum absolute atomic E-state index is 0.446. The third-order valence-electron chi connectivity index (χ3n) is 5.62. The maximum Gasteiger partial charge on any atom is 0.136 e. The topological polar surface area (TPSA) is 82.3 Å². The van der Waals surface area contributed by atoms with Crippen molar-refractivity contribution < 1.29 is 9.47 Å². The lowest BCUT2D eigenvalue weighted by Crippen LogP contribution is -2.02. The molecule has 4 rings (SSSR count). The monoisotopic (exact) mass is 540 g/mol. The van der Waals surface area contributed by atoms with Gasteiger partial charge in [0.05, 0.1) is 23.5 Å². The summed E-state index contributed by atoms with van der Waals surface area (Å²) in [5.74, 6) is 2.64. The number of pyridine rings is 2. The van der Waals surface area contributed by atoms with Gasteiger partial charge in [0.2, 0.25) is 0 Å². The number of aryl methyl sites for hydroxylation is 2. The summed E-state index contributed by atoms with van der Waals surface area (Å²) in [6.45, 7) is 6.16. The molecule has 3 N–H and O–H groups in total. The molecule has 2 aromatic heterocycles. The molecule has 7 heteroatoms. The highest BCUT2D eigenvalue weighted by Gasteiger charge is 2.19. The van der Waals surface area contributed by atoms with Gasteiger partial charge in [0.15, 0.2) is 0 Å². The van der Waals surface area contributed by atoms with Gasteiger partial charge in [0, 0.05) is 39.8 Å². The number of anilines is 3. The van der Waals surface area contributed by atoms with Crippen molar-refractivity contribution in [1.82, 2.24) is 9.97 Å². The zero-order valence-electron chi connectivity index (χ0n) is 18.7. The van der Waals surface area contributed by atoms with E-state index in [-0.39, 0.29) is 0 Å². The highest BCUT2D eigenvalue weighted by atomic mass is 127. The Kier molecular flexibility index (Phi) is 6.10. The second-order valence-electron chi connectivity index (χ2n) is 7.67. The Morgan fingerprint density at radius 2 is 1.66 bits per heavy atom. The van der Waals surface area contributed by atoms with Crippen LogP contribution in [0.2, 0.25) is 0 Å². The number of nitrogens with one attached hydrogen (secondary N) is 1. The molecule has 0 saturated heterocycles. The molecule has 0 atom stereocenters. The number of halogens is 1. The predicted molar refractivity (Wildman–Crippen MR) is 139 cm³/mol. The second kappa shape index (κ2) is 8.82. The Hall–Kier alpha value is -3.07. The molecular formula is C25H25IN4O2. The van der Waals surface area contributed by atoms with Gasteiger partial charge in [-0.05, 0) is 66.6 Å². The van der Waals surface area contributed by atoms with Crippen molar-refractivity contribution >= 4 is 50.7 Å². The molecule has 4 aromatic rings. The molecule has 0 aliphatic heterocycles. The molecule has 0 saturated carbocycles. The Morgan fingerprint density at radius 3 is 2.31 bits per heavy atom. The van der Waals surface area contributed by atoms with Crippen LogP contribution in [-0.2, 0) is 0 Å². The fourth-order valence-corrected chi connectivity index (χ4v) is 4.93. The predicted octanol–water partition coefficient (Wildman–Crippen LogP) is 6.17. The number of nitrogen functional groups attached to an aromatic ring is 1. The highest BCUT2D eigenvalue weighted by molar-refractivity contribution is 14.1. The molecule has 2 aromatic carbocycles. The lowest BCUT2D eigenvalue weighted by molar-refractivity contribution is 0.391. The van der Waals surface area contributed by atoms with Gasteiger partial charge in [-0.2, -0.15) is 0 Å². The summed E-state index contributed by atoms with van der Waals surface area (Å²) in [5, 5.41) is 5.19. The molecule has 164 valence electrons. The maximum atomic E-state index is 6.43. The SMILES string of the molecule is COc1cc(OC)c(I)c(-c2cc3cnc(Nc4c(C)cccc4C)cc3c(N)n2)c1C. The van der Waals surface area contributed by atoms with E-state index in [9.17, 15) is 0 Å². The number of hydrogen-bond donors (Lipinski definition) is 2. The third kappa shape index (κ3) is 3.92. The number of para-hydroxylation sites is 1. The van der Waals surface area contributed by atoms with Crippen LogP contribution >= 0.6 is 22.6 Å². The quantitative estimate of drug-likeness (QED) is 0.295. The Morgan fingerprint density at radius 1 is 0.969 bits per heavy atom. The van der Waals surface area contributed by atoms with Crippen molar-refractivity contribution in [2.75, 3.05) is 25.3 Å².